The monoisotopic (exact) mass is 600 g/mol. The summed E-state index contributed by atoms with van der Waals surface area (Å²) in [5, 5.41) is 85.7. The number of unbranched alkanes of at least 4 members (excludes halogenated alkanes) is 1. The Balaban J connectivity index is 2.78. The molecule has 0 aliphatic carbocycles. The Hall–Kier alpha value is -3.16. The molecule has 3 amide bonds. The molecule has 0 saturated heterocycles. The van der Waals surface area contributed by atoms with Crippen LogP contribution in [0.5, 0.6) is 0 Å². The third-order valence-corrected chi connectivity index (χ3v) is 6.45. The molecule has 0 aliphatic rings. The van der Waals surface area contributed by atoms with Crippen molar-refractivity contribution in [3.05, 3.63) is 29.8 Å². The van der Waals surface area contributed by atoms with E-state index in [2.05, 4.69) is 21.3 Å². The van der Waals surface area contributed by atoms with Crippen LogP contribution in [-0.4, -0.2) is 135 Å². The molecule has 16 nitrogen and oxygen atoms in total. The van der Waals surface area contributed by atoms with Gasteiger partial charge in [-0.2, -0.15) is 0 Å². The molecule has 0 spiro atoms. The number of nitrogens with one attached hydrogen (secondary N) is 4. The molecule has 1 aromatic rings. The van der Waals surface area contributed by atoms with E-state index >= 15 is 0 Å². The first-order valence-corrected chi connectivity index (χ1v) is 13.4. The van der Waals surface area contributed by atoms with Crippen molar-refractivity contribution in [2.45, 2.75) is 68.6 Å². The van der Waals surface area contributed by atoms with Crippen LogP contribution in [-0.2, 0) is 14.4 Å². The highest BCUT2D eigenvalue weighted by Gasteiger charge is 2.31. The molecule has 236 valence electrons. The molecular weight excluding hydrogens is 559 g/mol. The Labute approximate surface area is 242 Å². The first-order chi connectivity index (χ1) is 19.8. The minimum atomic E-state index is -1.93. The maximum atomic E-state index is 12.9. The van der Waals surface area contributed by atoms with E-state index in [1.54, 1.807) is 0 Å². The topological polar surface area (TPSA) is 278 Å². The number of aliphatic hydroxyl groups excluding tert-OH is 5. The maximum Gasteiger partial charge on any atom is 0.488 e. The van der Waals surface area contributed by atoms with E-state index in [4.69, 9.17) is 10.2 Å². The van der Waals surface area contributed by atoms with Gasteiger partial charge in [-0.1, -0.05) is 12.1 Å². The van der Waals surface area contributed by atoms with Crippen molar-refractivity contribution in [1.29, 1.82) is 0 Å². The Bertz CT molecular complexity index is 1000. The Morgan fingerprint density at radius 3 is 2.02 bits per heavy atom. The number of benzene rings is 1. The van der Waals surface area contributed by atoms with Crippen LogP contribution >= 0.6 is 0 Å². The quantitative estimate of drug-likeness (QED) is 0.0493. The standard InChI is InChI=1S/C25H41BN4O12/c1-27-17(25(39)40)4-2-3-11-28-20(34)10-9-16(30-23(37)14-5-7-15(8-6-14)26(41)42)24(38)29-12-18(32)21(35)22(36)19(33)13-31/h5-8,16-19,21-22,27,31-33,35-36,41-42H,2-4,9-13H2,1H3,(H,28,34)(H,29,38)(H,30,37)(H,39,40)/t16-,17-,18+,19-,21-,22-/m0/s1. The number of carbonyl (C=O) groups is 4. The summed E-state index contributed by atoms with van der Waals surface area (Å²) in [6, 6.07) is 3.18. The van der Waals surface area contributed by atoms with Gasteiger partial charge in [0.1, 0.15) is 30.4 Å². The average molecular weight is 600 g/mol. The lowest BCUT2D eigenvalue weighted by Crippen LogP contribution is -2.53. The van der Waals surface area contributed by atoms with Gasteiger partial charge in [-0.3, -0.25) is 19.2 Å². The largest absolute Gasteiger partial charge is 0.488 e. The van der Waals surface area contributed by atoms with E-state index < -0.39 is 80.5 Å². The number of carboxylic acids is 1. The number of likely N-dealkylation sites (N-methyl/N-ethyl adjacent to an activating group) is 1. The van der Waals surface area contributed by atoms with E-state index in [-0.39, 0.29) is 30.4 Å². The molecular formula is C25H41BN4O12. The molecule has 0 aromatic heterocycles. The van der Waals surface area contributed by atoms with Gasteiger partial charge >= 0.3 is 13.1 Å². The number of amides is 3. The fourth-order valence-corrected chi connectivity index (χ4v) is 3.79. The van der Waals surface area contributed by atoms with Crippen LogP contribution in [0, 0.1) is 0 Å². The second-order valence-electron chi connectivity index (χ2n) is 9.63. The number of aliphatic hydroxyl groups is 5. The predicted octanol–water partition coefficient (Wildman–Crippen LogP) is -5.24. The second kappa shape index (κ2) is 19.1. The van der Waals surface area contributed by atoms with Crippen molar-refractivity contribution >= 4 is 36.3 Å². The van der Waals surface area contributed by atoms with Crippen LogP contribution in [0.2, 0.25) is 0 Å². The van der Waals surface area contributed by atoms with E-state index in [1.807, 2.05) is 0 Å². The maximum absolute atomic E-state index is 12.9. The normalized spacial score (nSPS) is 15.4. The minimum Gasteiger partial charge on any atom is -0.480 e. The van der Waals surface area contributed by atoms with Gasteiger partial charge in [-0.25, -0.2) is 0 Å². The second-order valence-corrected chi connectivity index (χ2v) is 9.63. The minimum absolute atomic E-state index is 0.0689. The van der Waals surface area contributed by atoms with Crippen molar-refractivity contribution in [3.63, 3.8) is 0 Å². The molecule has 0 radical (unpaired) electrons. The molecule has 0 saturated carbocycles. The molecule has 42 heavy (non-hydrogen) atoms. The zero-order valence-electron chi connectivity index (χ0n) is 23.2. The summed E-state index contributed by atoms with van der Waals surface area (Å²) in [7, 11) is -0.214. The van der Waals surface area contributed by atoms with Crippen LogP contribution < -0.4 is 26.7 Å². The van der Waals surface area contributed by atoms with Crippen LogP contribution in [0.4, 0.5) is 0 Å². The smallest absolute Gasteiger partial charge is 0.480 e. The molecule has 12 N–H and O–H groups in total. The molecule has 0 heterocycles. The summed E-state index contributed by atoms with van der Waals surface area (Å²) in [4.78, 5) is 49.0. The molecule has 0 aliphatic heterocycles. The zero-order chi connectivity index (χ0) is 31.8. The summed E-state index contributed by atoms with van der Waals surface area (Å²) in [5.41, 5.74) is 0.197. The first kappa shape index (κ1) is 36.9. The lowest BCUT2D eigenvalue weighted by atomic mass is 9.80. The Kier molecular flexibility index (Phi) is 16.8. The number of carboxylic acid groups (broad SMARTS) is 1. The summed E-state index contributed by atoms with van der Waals surface area (Å²) >= 11 is 0. The molecule has 1 rings (SSSR count). The van der Waals surface area contributed by atoms with Gasteiger partial charge in [0.2, 0.25) is 11.8 Å². The van der Waals surface area contributed by atoms with Gasteiger partial charge in [0.15, 0.2) is 0 Å². The van der Waals surface area contributed by atoms with Gasteiger partial charge in [-0.05, 0) is 50.3 Å². The molecule has 1 aromatic carbocycles. The highest BCUT2D eigenvalue weighted by molar-refractivity contribution is 6.58. The fraction of sp³-hybridized carbons (Fsp3) is 0.600. The van der Waals surface area contributed by atoms with E-state index in [1.165, 1.54) is 31.3 Å². The summed E-state index contributed by atoms with van der Waals surface area (Å²) in [6.07, 6.45) is -6.30. The predicted molar refractivity (Wildman–Crippen MR) is 148 cm³/mol. The van der Waals surface area contributed by atoms with Crippen molar-refractivity contribution < 1.29 is 59.9 Å². The lowest BCUT2D eigenvalue weighted by Gasteiger charge is -2.26. The molecule has 0 fully saturated rings. The SMILES string of the molecule is CN[C@@H](CCCCNC(=O)CC[C@H](NC(=O)c1ccc(B(O)O)cc1)C(=O)NC[C@@H](O)[C@H](O)[C@@H](O)[C@@H](O)CO)C(=O)O. The summed E-state index contributed by atoms with van der Waals surface area (Å²) in [6.45, 7) is -1.24. The van der Waals surface area contributed by atoms with Crippen LogP contribution in [0.25, 0.3) is 0 Å². The van der Waals surface area contributed by atoms with Crippen molar-refractivity contribution in [3.8, 4) is 0 Å². The van der Waals surface area contributed by atoms with Crippen LogP contribution in [0.15, 0.2) is 24.3 Å². The number of aliphatic carboxylic acids is 1. The van der Waals surface area contributed by atoms with Gasteiger partial charge < -0.3 is 62.0 Å². The Morgan fingerprint density at radius 2 is 1.48 bits per heavy atom. The fourth-order valence-electron chi connectivity index (χ4n) is 3.79. The molecule has 0 bridgehead atoms. The third kappa shape index (κ3) is 12.8. The third-order valence-electron chi connectivity index (χ3n) is 6.45. The summed E-state index contributed by atoms with van der Waals surface area (Å²) in [5.74, 6) is -2.98. The van der Waals surface area contributed by atoms with E-state index in [0.29, 0.717) is 19.3 Å². The number of rotatable bonds is 20. The number of hydrogen-bond acceptors (Lipinski definition) is 12. The van der Waals surface area contributed by atoms with Crippen molar-refractivity contribution in [1.82, 2.24) is 21.3 Å². The zero-order valence-corrected chi connectivity index (χ0v) is 23.2. The van der Waals surface area contributed by atoms with Crippen LogP contribution in [0.1, 0.15) is 42.5 Å². The number of hydrogen-bond donors (Lipinski definition) is 12. The van der Waals surface area contributed by atoms with Crippen molar-refractivity contribution in [2.24, 2.45) is 0 Å². The van der Waals surface area contributed by atoms with Gasteiger partial charge in [0, 0.05) is 25.1 Å². The highest BCUT2D eigenvalue weighted by atomic mass is 16.4. The molecule has 17 heteroatoms. The lowest BCUT2D eigenvalue weighted by molar-refractivity contribution is -0.139. The highest BCUT2D eigenvalue weighted by Crippen LogP contribution is 2.07. The van der Waals surface area contributed by atoms with Crippen molar-refractivity contribution in [2.75, 3.05) is 26.7 Å². The average Bonchev–Trinajstić information content (AvgIpc) is 2.97. The van der Waals surface area contributed by atoms with Gasteiger partial charge in [0.05, 0.1) is 12.7 Å². The van der Waals surface area contributed by atoms with E-state index in [0.717, 1.165) is 0 Å². The Morgan fingerprint density at radius 1 is 0.857 bits per heavy atom. The molecule has 6 atom stereocenters. The molecule has 0 unspecified atom stereocenters. The van der Waals surface area contributed by atoms with Crippen LogP contribution in [0.3, 0.4) is 0 Å². The van der Waals surface area contributed by atoms with E-state index in [9.17, 15) is 49.7 Å². The van der Waals surface area contributed by atoms with Gasteiger partial charge in [0.25, 0.3) is 5.91 Å². The summed E-state index contributed by atoms with van der Waals surface area (Å²) < 4.78 is 0. The number of carbonyl (C=O) groups excluding carboxylic acids is 3. The van der Waals surface area contributed by atoms with Gasteiger partial charge in [-0.15, -0.1) is 0 Å². The first-order valence-electron chi connectivity index (χ1n) is 13.4.